The highest BCUT2D eigenvalue weighted by atomic mass is 35.5. The second-order valence-corrected chi connectivity index (χ2v) is 13.7. The van der Waals surface area contributed by atoms with E-state index in [0.29, 0.717) is 33.7 Å². The Hall–Kier alpha value is -2.64. The average molecular weight is 618 g/mol. The van der Waals surface area contributed by atoms with Gasteiger partial charge in [-0.25, -0.2) is 23.1 Å². The number of methoxy groups -OCH3 is 1. The van der Waals surface area contributed by atoms with E-state index in [-0.39, 0.29) is 12.1 Å². The van der Waals surface area contributed by atoms with Crippen LogP contribution < -0.4 is 19.7 Å². The van der Waals surface area contributed by atoms with E-state index in [4.69, 9.17) is 26.1 Å². The van der Waals surface area contributed by atoms with Gasteiger partial charge in [0.2, 0.25) is 10.0 Å². The summed E-state index contributed by atoms with van der Waals surface area (Å²) in [6.45, 7) is 5.73. The number of nitrogens with zero attached hydrogens (tertiary/aromatic N) is 4. The van der Waals surface area contributed by atoms with Crippen LogP contribution in [-0.4, -0.2) is 99.2 Å². The molecule has 1 aromatic carbocycles. The molecular weight excluding hydrogens is 578 g/mol. The number of halogens is 1. The number of aromatic nitrogens is 3. The van der Waals surface area contributed by atoms with Gasteiger partial charge in [0.25, 0.3) is 0 Å². The summed E-state index contributed by atoms with van der Waals surface area (Å²) in [5.74, 6) is 1.36. The van der Waals surface area contributed by atoms with E-state index in [1.54, 1.807) is 13.3 Å². The van der Waals surface area contributed by atoms with Gasteiger partial charge in [0, 0.05) is 56.1 Å². The highest BCUT2D eigenvalue weighted by Crippen LogP contribution is 2.37. The average Bonchev–Trinajstić information content (AvgIpc) is 3.43. The molecule has 2 aliphatic heterocycles. The molecule has 11 nitrogen and oxygen atoms in total. The molecule has 3 N–H and O–H groups in total. The first-order valence-corrected chi connectivity index (χ1v) is 17.1. The molecule has 3 fully saturated rings. The number of sulfonamides is 1. The highest BCUT2D eigenvalue weighted by molar-refractivity contribution is 7.88. The number of imidazole rings is 1. The number of H-pyrrole nitrogens is 1. The quantitative estimate of drug-likeness (QED) is 0.346. The normalized spacial score (nSPS) is 22.9. The van der Waals surface area contributed by atoms with Crippen molar-refractivity contribution in [3.63, 3.8) is 0 Å². The van der Waals surface area contributed by atoms with Crippen LogP contribution in [0.5, 0.6) is 5.75 Å². The predicted molar refractivity (Wildman–Crippen MR) is 166 cm³/mol. The van der Waals surface area contributed by atoms with Crippen LogP contribution in [0.1, 0.15) is 38.5 Å². The molecule has 13 heteroatoms. The summed E-state index contributed by atoms with van der Waals surface area (Å²) in [7, 11) is -1.66. The van der Waals surface area contributed by atoms with Crippen LogP contribution in [-0.2, 0) is 14.8 Å². The molecule has 0 bridgehead atoms. The zero-order valence-electron chi connectivity index (χ0n) is 24.2. The first-order valence-electron chi connectivity index (χ1n) is 14.8. The molecule has 2 atom stereocenters. The third kappa shape index (κ3) is 6.47. The molecule has 2 aromatic heterocycles. The molecule has 0 spiro atoms. The van der Waals surface area contributed by atoms with Crippen molar-refractivity contribution in [3.05, 3.63) is 29.4 Å². The maximum absolute atomic E-state index is 12.0. The highest BCUT2D eigenvalue weighted by Gasteiger charge is 2.30. The second-order valence-electron chi connectivity index (χ2n) is 11.5. The minimum atomic E-state index is -3.34. The van der Waals surface area contributed by atoms with E-state index < -0.39 is 10.0 Å². The molecular formula is C29H40ClN7O4S. The fourth-order valence-corrected chi connectivity index (χ4v) is 7.64. The van der Waals surface area contributed by atoms with E-state index in [0.717, 1.165) is 94.9 Å². The maximum atomic E-state index is 12.0. The number of aromatic amines is 1. The van der Waals surface area contributed by atoms with Gasteiger partial charge in [0.05, 0.1) is 49.0 Å². The minimum absolute atomic E-state index is 0.107. The van der Waals surface area contributed by atoms with Crippen LogP contribution in [0.3, 0.4) is 0 Å². The van der Waals surface area contributed by atoms with E-state index >= 15 is 0 Å². The molecule has 6 rings (SSSR count). The second kappa shape index (κ2) is 12.5. The zero-order valence-corrected chi connectivity index (χ0v) is 25.8. The molecule has 3 aliphatic rings. The molecule has 2 unspecified atom stereocenters. The number of hydrogen-bond donors (Lipinski definition) is 3. The van der Waals surface area contributed by atoms with Crippen molar-refractivity contribution >= 4 is 44.2 Å². The molecule has 3 aromatic rings. The number of nitrogens with one attached hydrogen (secondary N) is 3. The lowest BCUT2D eigenvalue weighted by atomic mass is 9.91. The van der Waals surface area contributed by atoms with Crippen molar-refractivity contribution in [1.82, 2.24) is 24.6 Å². The number of morpholine rings is 1. The van der Waals surface area contributed by atoms with Gasteiger partial charge in [0.15, 0.2) is 5.65 Å². The lowest BCUT2D eigenvalue weighted by Gasteiger charge is -2.40. The summed E-state index contributed by atoms with van der Waals surface area (Å²) in [6.07, 6.45) is 8.62. The molecule has 0 radical (unpaired) electrons. The molecule has 42 heavy (non-hydrogen) atoms. The zero-order chi connectivity index (χ0) is 29.3. The van der Waals surface area contributed by atoms with Gasteiger partial charge < -0.3 is 24.7 Å². The van der Waals surface area contributed by atoms with Gasteiger partial charge in [-0.1, -0.05) is 24.4 Å². The van der Waals surface area contributed by atoms with Crippen LogP contribution in [0.25, 0.3) is 22.6 Å². The largest absolute Gasteiger partial charge is 0.496 e. The standard InChI is InChI=1S/C29H40ClN7O4S/c1-40-25-17-20(36-11-9-19(10-12-36)37-13-15-41-16-14-37)7-8-21(25)28-33-27-26(22(30)18-31-29(27)34-28)32-23-5-3-4-6-24(23)35-42(2,38)39/h7-8,17-19,23-24,35H,3-6,9-16H2,1-2H3,(H2,31,32,33,34). The fourth-order valence-electron chi connectivity index (χ4n) is 6.61. The van der Waals surface area contributed by atoms with Crippen molar-refractivity contribution < 1.29 is 17.9 Å². The first-order chi connectivity index (χ1) is 20.3. The Morgan fingerprint density at radius 3 is 2.52 bits per heavy atom. The SMILES string of the molecule is COc1cc(N2CCC(N3CCOCC3)CC2)ccc1-c1nc2ncc(Cl)c(NC3CCCCC3NS(C)(=O)=O)c2[nH]1. The van der Waals surface area contributed by atoms with Gasteiger partial charge in [-0.15, -0.1) is 0 Å². The molecule has 4 heterocycles. The van der Waals surface area contributed by atoms with Crippen molar-refractivity contribution in [3.8, 4) is 17.1 Å². The van der Waals surface area contributed by atoms with Gasteiger partial charge >= 0.3 is 0 Å². The monoisotopic (exact) mass is 617 g/mol. The number of pyridine rings is 1. The lowest BCUT2D eigenvalue weighted by Crippen LogP contribution is -2.49. The van der Waals surface area contributed by atoms with Crippen molar-refractivity contribution in [1.29, 1.82) is 0 Å². The Labute approximate surface area is 252 Å². The third-order valence-corrected chi connectivity index (χ3v) is 9.78. The van der Waals surface area contributed by atoms with E-state index in [1.165, 1.54) is 6.26 Å². The van der Waals surface area contributed by atoms with E-state index in [9.17, 15) is 8.42 Å². The van der Waals surface area contributed by atoms with Crippen molar-refractivity contribution in [2.45, 2.75) is 56.7 Å². The number of ether oxygens (including phenoxy) is 2. The third-order valence-electron chi connectivity index (χ3n) is 8.77. The van der Waals surface area contributed by atoms with Crippen molar-refractivity contribution in [2.24, 2.45) is 0 Å². The lowest BCUT2D eigenvalue weighted by molar-refractivity contribution is 0.0115. The van der Waals surface area contributed by atoms with Gasteiger partial charge in [-0.2, -0.15) is 0 Å². The fraction of sp³-hybridized carbons (Fsp3) is 0.586. The number of fused-ring (bicyclic) bond motifs is 1. The van der Waals surface area contributed by atoms with Gasteiger partial charge in [-0.05, 0) is 37.8 Å². The minimum Gasteiger partial charge on any atom is -0.496 e. The summed E-state index contributed by atoms with van der Waals surface area (Å²) in [6, 6.07) is 6.55. The number of rotatable bonds is 8. The Balaban J connectivity index is 1.22. The van der Waals surface area contributed by atoms with E-state index in [2.05, 4.69) is 41.9 Å². The molecule has 1 aliphatic carbocycles. The van der Waals surface area contributed by atoms with Gasteiger partial charge in [-0.3, -0.25) is 4.90 Å². The molecule has 228 valence electrons. The number of piperidine rings is 1. The predicted octanol–water partition coefficient (Wildman–Crippen LogP) is 3.86. The number of anilines is 2. The van der Waals surface area contributed by atoms with Crippen LogP contribution in [0, 0.1) is 0 Å². The van der Waals surface area contributed by atoms with Crippen LogP contribution in [0.2, 0.25) is 5.02 Å². The maximum Gasteiger partial charge on any atom is 0.209 e. The van der Waals surface area contributed by atoms with Crippen LogP contribution >= 0.6 is 11.6 Å². The summed E-state index contributed by atoms with van der Waals surface area (Å²) < 4.78 is 38.1. The summed E-state index contributed by atoms with van der Waals surface area (Å²) in [4.78, 5) is 17.7. The topological polar surface area (TPSA) is 125 Å². The van der Waals surface area contributed by atoms with E-state index in [1.807, 2.05) is 6.07 Å². The number of benzene rings is 1. The van der Waals surface area contributed by atoms with Gasteiger partial charge in [0.1, 0.15) is 17.1 Å². The molecule has 0 amide bonds. The Morgan fingerprint density at radius 2 is 1.81 bits per heavy atom. The summed E-state index contributed by atoms with van der Waals surface area (Å²) >= 11 is 6.63. The molecule has 1 saturated carbocycles. The summed E-state index contributed by atoms with van der Waals surface area (Å²) in [5.41, 5.74) is 3.84. The van der Waals surface area contributed by atoms with Crippen LogP contribution in [0.15, 0.2) is 24.4 Å². The van der Waals surface area contributed by atoms with Crippen molar-refractivity contribution in [2.75, 3.05) is 63.0 Å². The Morgan fingerprint density at radius 1 is 1.07 bits per heavy atom. The Bertz CT molecular complexity index is 1500. The summed E-state index contributed by atoms with van der Waals surface area (Å²) in [5, 5.41) is 3.97. The smallest absolute Gasteiger partial charge is 0.209 e. The molecule has 2 saturated heterocycles. The Kier molecular flexibility index (Phi) is 8.78. The number of hydrogen-bond acceptors (Lipinski definition) is 9. The first kappa shape index (κ1) is 29.4. The van der Waals surface area contributed by atoms with Crippen LogP contribution in [0.4, 0.5) is 11.4 Å².